The first-order valence-electron chi connectivity index (χ1n) is 6.86. The molecule has 4 heteroatoms. The Labute approximate surface area is 106 Å². The van der Waals surface area contributed by atoms with E-state index < -0.39 is 0 Å². The summed E-state index contributed by atoms with van der Waals surface area (Å²) in [4.78, 5) is 2.41. The lowest BCUT2D eigenvalue weighted by Crippen LogP contribution is -2.40. The summed E-state index contributed by atoms with van der Waals surface area (Å²) < 4.78 is 10.9. The van der Waals surface area contributed by atoms with Gasteiger partial charge in [-0.1, -0.05) is 0 Å². The minimum absolute atomic E-state index is 0.387. The van der Waals surface area contributed by atoms with Crippen LogP contribution in [0.25, 0.3) is 0 Å². The van der Waals surface area contributed by atoms with Crippen molar-refractivity contribution in [1.29, 1.82) is 0 Å². The number of ether oxygens (including phenoxy) is 2. The van der Waals surface area contributed by atoms with Gasteiger partial charge in [0.2, 0.25) is 0 Å². The Balaban J connectivity index is 1.95. The van der Waals surface area contributed by atoms with Crippen molar-refractivity contribution in [2.75, 3.05) is 46.5 Å². The Morgan fingerprint density at radius 1 is 1.41 bits per heavy atom. The molecule has 2 unspecified atom stereocenters. The highest BCUT2D eigenvalue weighted by atomic mass is 16.5. The Morgan fingerprint density at radius 2 is 2.24 bits per heavy atom. The monoisotopic (exact) mass is 244 g/mol. The first kappa shape index (κ1) is 14.9. The van der Waals surface area contributed by atoms with E-state index in [-0.39, 0.29) is 0 Å². The number of rotatable bonds is 9. The van der Waals surface area contributed by atoms with Gasteiger partial charge in [-0.25, -0.2) is 0 Å². The maximum atomic E-state index is 5.58. The zero-order valence-corrected chi connectivity index (χ0v) is 11.6. The molecule has 0 aromatic carbocycles. The second-order valence-corrected chi connectivity index (χ2v) is 4.71. The molecule has 1 saturated heterocycles. The maximum absolute atomic E-state index is 5.58. The highest BCUT2D eigenvalue weighted by molar-refractivity contribution is 4.80. The van der Waals surface area contributed by atoms with Crippen LogP contribution in [0.3, 0.4) is 0 Å². The van der Waals surface area contributed by atoms with Crippen LogP contribution in [-0.2, 0) is 9.47 Å². The van der Waals surface area contributed by atoms with Crippen molar-refractivity contribution in [3.05, 3.63) is 0 Å². The normalized spacial score (nSPS) is 24.7. The number of nitrogens with zero attached hydrogens (tertiary/aromatic N) is 1. The van der Waals surface area contributed by atoms with E-state index in [1.807, 2.05) is 6.92 Å². The number of nitrogens with one attached hydrogen (secondary N) is 1. The van der Waals surface area contributed by atoms with Crippen molar-refractivity contribution in [3.8, 4) is 0 Å². The van der Waals surface area contributed by atoms with Gasteiger partial charge in [-0.05, 0) is 40.3 Å². The van der Waals surface area contributed by atoms with Crippen molar-refractivity contribution in [2.24, 2.45) is 0 Å². The van der Waals surface area contributed by atoms with E-state index in [9.17, 15) is 0 Å². The van der Waals surface area contributed by atoms with Gasteiger partial charge in [-0.15, -0.1) is 0 Å². The first-order chi connectivity index (χ1) is 8.25. The predicted octanol–water partition coefficient (Wildman–Crippen LogP) is 1.11. The lowest BCUT2D eigenvalue weighted by molar-refractivity contribution is 0.0839. The van der Waals surface area contributed by atoms with Crippen molar-refractivity contribution < 1.29 is 9.47 Å². The highest BCUT2D eigenvalue weighted by Gasteiger charge is 2.27. The average Bonchev–Trinajstić information content (AvgIpc) is 2.74. The Kier molecular flexibility index (Phi) is 7.77. The molecule has 0 bridgehead atoms. The van der Waals surface area contributed by atoms with Gasteiger partial charge in [0, 0.05) is 39.0 Å². The Morgan fingerprint density at radius 3 is 2.88 bits per heavy atom. The fourth-order valence-electron chi connectivity index (χ4n) is 2.29. The van der Waals surface area contributed by atoms with Gasteiger partial charge in [-0.2, -0.15) is 0 Å². The second kappa shape index (κ2) is 8.86. The zero-order valence-electron chi connectivity index (χ0n) is 11.6. The van der Waals surface area contributed by atoms with Crippen LogP contribution in [0.15, 0.2) is 0 Å². The van der Waals surface area contributed by atoms with E-state index in [1.165, 1.54) is 6.42 Å². The molecule has 1 rings (SSSR count). The van der Waals surface area contributed by atoms with Crippen molar-refractivity contribution in [2.45, 2.75) is 38.8 Å². The van der Waals surface area contributed by atoms with E-state index in [4.69, 9.17) is 9.47 Å². The zero-order chi connectivity index (χ0) is 12.5. The smallest absolute Gasteiger partial charge is 0.0702 e. The van der Waals surface area contributed by atoms with Crippen molar-refractivity contribution >= 4 is 0 Å². The van der Waals surface area contributed by atoms with Gasteiger partial charge >= 0.3 is 0 Å². The molecule has 4 nitrogen and oxygen atoms in total. The molecule has 1 N–H and O–H groups in total. The fraction of sp³-hybridized carbons (Fsp3) is 1.00. The molecule has 1 heterocycles. The summed E-state index contributed by atoms with van der Waals surface area (Å²) in [7, 11) is 2.19. The predicted molar refractivity (Wildman–Crippen MR) is 70.4 cm³/mol. The lowest BCUT2D eigenvalue weighted by atomic mass is 10.1. The molecule has 1 aliphatic heterocycles. The molecular formula is C13H28N2O2. The summed E-state index contributed by atoms with van der Waals surface area (Å²) in [5.41, 5.74) is 0. The largest absolute Gasteiger partial charge is 0.382 e. The van der Waals surface area contributed by atoms with Crippen molar-refractivity contribution in [3.63, 3.8) is 0 Å². The maximum Gasteiger partial charge on any atom is 0.0702 e. The Bertz CT molecular complexity index is 190. The van der Waals surface area contributed by atoms with E-state index in [0.717, 1.165) is 45.9 Å². The summed E-state index contributed by atoms with van der Waals surface area (Å²) in [5.74, 6) is 0. The molecule has 2 atom stereocenters. The summed E-state index contributed by atoms with van der Waals surface area (Å²) in [6.07, 6.45) is 2.65. The molecule has 0 aliphatic carbocycles. The molecule has 0 aromatic rings. The molecule has 0 amide bonds. The van der Waals surface area contributed by atoms with E-state index in [2.05, 4.69) is 24.2 Å². The molecule has 0 aromatic heterocycles. The molecule has 102 valence electrons. The second-order valence-electron chi connectivity index (χ2n) is 4.71. The molecular weight excluding hydrogens is 216 g/mol. The van der Waals surface area contributed by atoms with Crippen LogP contribution in [-0.4, -0.2) is 63.5 Å². The molecule has 17 heavy (non-hydrogen) atoms. The van der Waals surface area contributed by atoms with Gasteiger partial charge in [-0.3, -0.25) is 4.90 Å². The third-order valence-electron chi connectivity index (χ3n) is 3.39. The van der Waals surface area contributed by atoms with E-state index in [0.29, 0.717) is 12.1 Å². The summed E-state index contributed by atoms with van der Waals surface area (Å²) >= 11 is 0. The SMILES string of the molecule is CCOCCCNCCN(C)C1CCOC1C. The van der Waals surface area contributed by atoms with Crippen molar-refractivity contribution in [1.82, 2.24) is 10.2 Å². The van der Waals surface area contributed by atoms with Crippen LogP contribution in [0, 0.1) is 0 Å². The number of hydrogen-bond acceptors (Lipinski definition) is 4. The third-order valence-corrected chi connectivity index (χ3v) is 3.39. The first-order valence-corrected chi connectivity index (χ1v) is 6.86. The van der Waals surface area contributed by atoms with Gasteiger partial charge in [0.05, 0.1) is 6.10 Å². The molecule has 1 fully saturated rings. The van der Waals surface area contributed by atoms with Crippen LogP contribution >= 0.6 is 0 Å². The molecule has 1 aliphatic rings. The van der Waals surface area contributed by atoms with E-state index >= 15 is 0 Å². The quantitative estimate of drug-likeness (QED) is 0.616. The standard InChI is InChI=1S/C13H28N2O2/c1-4-16-10-5-7-14-8-9-15(3)13-6-11-17-12(13)2/h12-14H,4-11H2,1-3H3. The third kappa shape index (κ3) is 5.82. The number of likely N-dealkylation sites (N-methyl/N-ethyl adjacent to an activating group) is 1. The van der Waals surface area contributed by atoms with Crippen LogP contribution < -0.4 is 5.32 Å². The van der Waals surface area contributed by atoms with Crippen LogP contribution in [0.4, 0.5) is 0 Å². The molecule has 0 saturated carbocycles. The average molecular weight is 244 g/mol. The summed E-state index contributed by atoms with van der Waals surface area (Å²) in [5, 5.41) is 3.45. The van der Waals surface area contributed by atoms with Crippen LogP contribution in [0.5, 0.6) is 0 Å². The lowest BCUT2D eigenvalue weighted by Gasteiger charge is -2.26. The topological polar surface area (TPSA) is 33.7 Å². The van der Waals surface area contributed by atoms with Gasteiger partial charge in [0.1, 0.15) is 0 Å². The fourth-order valence-corrected chi connectivity index (χ4v) is 2.29. The van der Waals surface area contributed by atoms with Gasteiger partial charge in [0.15, 0.2) is 0 Å². The highest BCUT2D eigenvalue weighted by Crippen LogP contribution is 2.17. The summed E-state index contributed by atoms with van der Waals surface area (Å²) in [6.45, 7) is 9.99. The summed E-state index contributed by atoms with van der Waals surface area (Å²) in [6, 6.07) is 0.597. The Hall–Kier alpha value is -0.160. The van der Waals surface area contributed by atoms with Crippen LogP contribution in [0.1, 0.15) is 26.7 Å². The van der Waals surface area contributed by atoms with Gasteiger partial charge in [0.25, 0.3) is 0 Å². The number of hydrogen-bond donors (Lipinski definition) is 1. The minimum Gasteiger partial charge on any atom is -0.382 e. The molecule has 0 radical (unpaired) electrons. The van der Waals surface area contributed by atoms with Crippen LogP contribution in [0.2, 0.25) is 0 Å². The van der Waals surface area contributed by atoms with Gasteiger partial charge < -0.3 is 14.8 Å². The van der Waals surface area contributed by atoms with E-state index in [1.54, 1.807) is 0 Å². The molecule has 0 spiro atoms. The minimum atomic E-state index is 0.387.